The third-order valence-corrected chi connectivity index (χ3v) is 6.18. The highest BCUT2D eigenvalue weighted by Gasteiger charge is 2.08. The molecule has 4 rings (SSSR count). The Bertz CT molecular complexity index is 1240. The molecule has 0 fully saturated rings. The SMILES string of the molecule is COc1ccc(NC(C)O[B]c2cccc(COCc3cccc([B]OC(C)Nc4ccc(OC)cc4)c3)c2)cc1. The van der Waals surface area contributed by atoms with Gasteiger partial charge in [0.2, 0.25) is 0 Å². The lowest BCUT2D eigenvalue weighted by Crippen LogP contribution is -2.27. The minimum atomic E-state index is -0.197. The zero-order valence-electron chi connectivity index (χ0n) is 24.0. The Labute approximate surface area is 244 Å². The molecule has 210 valence electrons. The Balaban J connectivity index is 1.18. The van der Waals surface area contributed by atoms with Gasteiger partial charge in [0.15, 0.2) is 0 Å². The van der Waals surface area contributed by atoms with E-state index >= 15 is 0 Å². The van der Waals surface area contributed by atoms with Crippen molar-refractivity contribution in [2.24, 2.45) is 0 Å². The summed E-state index contributed by atoms with van der Waals surface area (Å²) in [6.45, 7) is 4.91. The number of nitrogens with one attached hydrogen (secondary N) is 2. The minimum absolute atomic E-state index is 0.197. The van der Waals surface area contributed by atoms with Crippen molar-refractivity contribution in [3.63, 3.8) is 0 Å². The second-order valence-electron chi connectivity index (χ2n) is 9.52. The molecule has 0 bridgehead atoms. The predicted molar refractivity (Wildman–Crippen MR) is 166 cm³/mol. The van der Waals surface area contributed by atoms with Crippen LogP contribution in [0.1, 0.15) is 25.0 Å². The number of rotatable bonds is 16. The summed E-state index contributed by atoms with van der Waals surface area (Å²) in [7, 11) is 6.82. The molecule has 2 unspecified atom stereocenters. The van der Waals surface area contributed by atoms with E-state index in [1.54, 1.807) is 29.2 Å². The first-order chi connectivity index (χ1) is 20.0. The average molecular weight is 550 g/mol. The topological polar surface area (TPSA) is 70.2 Å². The molecule has 0 saturated heterocycles. The van der Waals surface area contributed by atoms with Crippen molar-refractivity contribution in [1.29, 1.82) is 0 Å². The van der Waals surface area contributed by atoms with E-state index in [0.29, 0.717) is 13.2 Å². The van der Waals surface area contributed by atoms with Crippen molar-refractivity contribution >= 4 is 37.3 Å². The van der Waals surface area contributed by atoms with Crippen LogP contribution in [-0.4, -0.2) is 41.6 Å². The van der Waals surface area contributed by atoms with E-state index in [9.17, 15) is 0 Å². The second-order valence-corrected chi connectivity index (χ2v) is 9.52. The smallest absolute Gasteiger partial charge is 0.332 e. The van der Waals surface area contributed by atoms with Crippen LogP contribution < -0.4 is 31.0 Å². The van der Waals surface area contributed by atoms with Crippen molar-refractivity contribution < 1.29 is 23.5 Å². The van der Waals surface area contributed by atoms with E-state index in [-0.39, 0.29) is 12.5 Å². The van der Waals surface area contributed by atoms with E-state index in [4.69, 9.17) is 23.5 Å². The average Bonchev–Trinajstić information content (AvgIpc) is 3.00. The molecule has 0 amide bonds. The highest BCUT2D eigenvalue weighted by Crippen LogP contribution is 2.17. The molecule has 0 aliphatic carbocycles. The van der Waals surface area contributed by atoms with Gasteiger partial charge in [-0.2, -0.15) is 0 Å². The van der Waals surface area contributed by atoms with Gasteiger partial charge < -0.3 is 34.2 Å². The Hall–Kier alpha value is -3.91. The van der Waals surface area contributed by atoms with Crippen molar-refractivity contribution in [3.05, 3.63) is 108 Å². The first-order valence-electron chi connectivity index (χ1n) is 13.5. The molecule has 0 aliphatic rings. The van der Waals surface area contributed by atoms with Gasteiger partial charge in [-0.15, -0.1) is 0 Å². The van der Waals surface area contributed by atoms with Gasteiger partial charge in [-0.05, 0) is 73.5 Å². The monoisotopic (exact) mass is 550 g/mol. The number of anilines is 2. The molecule has 4 aromatic carbocycles. The standard InChI is InChI=1S/C32H36B2N2O5/c1-23(35-29-11-15-31(37-3)16-12-29)40-33-27-9-5-7-25(19-27)21-39-22-26-8-6-10-28(20-26)34-41-24(2)36-30-13-17-32(38-4)18-14-30/h5-20,23-24,35-36H,21-22H2,1-4H3. The maximum absolute atomic E-state index is 6.01. The summed E-state index contributed by atoms with van der Waals surface area (Å²) < 4.78 is 28.2. The summed E-state index contributed by atoms with van der Waals surface area (Å²) in [4.78, 5) is 0. The molecule has 41 heavy (non-hydrogen) atoms. The molecule has 0 heterocycles. The summed E-state index contributed by atoms with van der Waals surface area (Å²) in [5.74, 6) is 1.64. The minimum Gasteiger partial charge on any atom is -0.497 e. The largest absolute Gasteiger partial charge is 0.497 e. The van der Waals surface area contributed by atoms with E-state index < -0.39 is 0 Å². The third kappa shape index (κ3) is 10.2. The van der Waals surface area contributed by atoms with Gasteiger partial charge in [0.25, 0.3) is 0 Å². The third-order valence-electron chi connectivity index (χ3n) is 6.18. The van der Waals surface area contributed by atoms with Crippen molar-refractivity contribution in [3.8, 4) is 11.5 Å². The lowest BCUT2D eigenvalue weighted by Gasteiger charge is -2.17. The van der Waals surface area contributed by atoms with E-state index in [1.807, 2.05) is 98.8 Å². The zero-order chi connectivity index (χ0) is 28.9. The molecule has 0 saturated carbocycles. The Morgan fingerprint density at radius 1 is 0.585 bits per heavy atom. The molecule has 2 radical (unpaired) electrons. The predicted octanol–water partition coefficient (Wildman–Crippen LogP) is 4.86. The van der Waals surface area contributed by atoms with Crippen LogP contribution in [0, 0.1) is 0 Å². The lowest BCUT2D eigenvalue weighted by molar-refractivity contribution is 0.107. The highest BCUT2D eigenvalue weighted by atomic mass is 16.5. The molecule has 4 aromatic rings. The molecule has 2 N–H and O–H groups in total. The number of hydrogen-bond donors (Lipinski definition) is 2. The molecular weight excluding hydrogens is 514 g/mol. The van der Waals surface area contributed by atoms with E-state index in [1.165, 1.54) is 0 Å². The maximum Gasteiger partial charge on any atom is 0.332 e. The van der Waals surface area contributed by atoms with Crippen molar-refractivity contribution in [2.75, 3.05) is 24.9 Å². The Kier molecular flexibility index (Phi) is 11.6. The van der Waals surface area contributed by atoms with Crippen molar-refractivity contribution in [1.82, 2.24) is 0 Å². The number of methoxy groups -OCH3 is 2. The van der Waals surface area contributed by atoms with Gasteiger partial charge in [0.05, 0.1) is 27.4 Å². The summed E-state index contributed by atoms with van der Waals surface area (Å²) in [6, 6.07) is 31.7. The maximum atomic E-state index is 6.01. The lowest BCUT2D eigenvalue weighted by atomic mass is 9.87. The normalized spacial score (nSPS) is 12.2. The summed E-state index contributed by atoms with van der Waals surface area (Å²) in [5, 5.41) is 6.62. The van der Waals surface area contributed by atoms with Crippen LogP contribution in [0.15, 0.2) is 97.1 Å². The summed E-state index contributed by atoms with van der Waals surface area (Å²) >= 11 is 0. The van der Waals surface area contributed by atoms with E-state index in [2.05, 4.69) is 22.8 Å². The van der Waals surface area contributed by atoms with Crippen molar-refractivity contribution in [2.45, 2.75) is 39.5 Å². The second kappa shape index (κ2) is 15.8. The molecule has 0 aliphatic heterocycles. The fourth-order valence-corrected chi connectivity index (χ4v) is 4.07. The zero-order valence-corrected chi connectivity index (χ0v) is 24.0. The summed E-state index contributed by atoms with van der Waals surface area (Å²) in [5.41, 5.74) is 6.01. The fourth-order valence-electron chi connectivity index (χ4n) is 4.07. The van der Waals surface area contributed by atoms with Crippen LogP contribution in [0.3, 0.4) is 0 Å². The summed E-state index contributed by atoms with van der Waals surface area (Å²) in [6.07, 6.45) is -0.393. The molecule has 0 spiro atoms. The van der Waals surface area contributed by atoms with Crippen LogP contribution in [0.25, 0.3) is 0 Å². The van der Waals surface area contributed by atoms with Gasteiger partial charge in [0, 0.05) is 11.4 Å². The van der Waals surface area contributed by atoms with Gasteiger partial charge in [-0.25, -0.2) is 0 Å². The van der Waals surface area contributed by atoms with Crippen LogP contribution in [-0.2, 0) is 27.3 Å². The van der Waals surface area contributed by atoms with Gasteiger partial charge in [-0.3, -0.25) is 0 Å². The fraction of sp³-hybridized carbons (Fsp3) is 0.250. The number of benzene rings is 4. The highest BCUT2D eigenvalue weighted by molar-refractivity contribution is 6.47. The van der Waals surface area contributed by atoms with Gasteiger partial charge in [0.1, 0.15) is 24.0 Å². The number of ether oxygens (including phenoxy) is 3. The molecule has 0 aromatic heterocycles. The number of hydrogen-bond acceptors (Lipinski definition) is 7. The first-order valence-corrected chi connectivity index (χ1v) is 13.5. The first kappa shape index (κ1) is 30.1. The Morgan fingerprint density at radius 3 is 1.39 bits per heavy atom. The van der Waals surface area contributed by atoms with Gasteiger partial charge >= 0.3 is 15.0 Å². The molecule has 7 nitrogen and oxygen atoms in total. The van der Waals surface area contributed by atoms with Crippen LogP contribution in [0.4, 0.5) is 11.4 Å². The molecular formula is C32H36B2N2O5. The van der Waals surface area contributed by atoms with Crippen LogP contribution >= 0.6 is 0 Å². The van der Waals surface area contributed by atoms with Crippen LogP contribution in [0.2, 0.25) is 0 Å². The Morgan fingerprint density at radius 2 is 1.00 bits per heavy atom. The van der Waals surface area contributed by atoms with Gasteiger partial charge in [-0.1, -0.05) is 59.5 Å². The molecule has 2 atom stereocenters. The quantitative estimate of drug-likeness (QED) is 0.153. The van der Waals surface area contributed by atoms with E-state index in [0.717, 1.165) is 44.9 Å². The van der Waals surface area contributed by atoms with Crippen LogP contribution in [0.5, 0.6) is 11.5 Å². The molecule has 9 heteroatoms.